The van der Waals surface area contributed by atoms with E-state index in [0.717, 1.165) is 0 Å². The van der Waals surface area contributed by atoms with E-state index in [9.17, 15) is 0 Å². The molecule has 1 nitrogen and oxygen atoms in total. The molecule has 0 aromatic heterocycles. The van der Waals surface area contributed by atoms with Gasteiger partial charge in [0.2, 0.25) is 0 Å². The standard InChI is InChI=1S/C9H15ClO/c1-6-9(4,5)11-8(10)7(2)3/h1,7-8H,2-5H3. The molecule has 0 aliphatic rings. The van der Waals surface area contributed by atoms with Crippen molar-refractivity contribution in [2.24, 2.45) is 5.92 Å². The normalized spacial score (nSPS) is 14.6. The van der Waals surface area contributed by atoms with Crippen LogP contribution < -0.4 is 0 Å². The van der Waals surface area contributed by atoms with Gasteiger partial charge in [0, 0.05) is 0 Å². The van der Waals surface area contributed by atoms with Crippen molar-refractivity contribution in [2.45, 2.75) is 38.9 Å². The fourth-order valence-corrected chi connectivity index (χ4v) is 0.674. The Morgan fingerprint density at radius 2 is 1.91 bits per heavy atom. The van der Waals surface area contributed by atoms with Gasteiger partial charge in [-0.3, -0.25) is 0 Å². The van der Waals surface area contributed by atoms with Crippen molar-refractivity contribution in [3.8, 4) is 12.3 Å². The highest BCUT2D eigenvalue weighted by Crippen LogP contribution is 2.18. The minimum Gasteiger partial charge on any atom is -0.344 e. The van der Waals surface area contributed by atoms with Gasteiger partial charge < -0.3 is 4.74 Å². The number of terminal acetylenes is 1. The highest BCUT2D eigenvalue weighted by Gasteiger charge is 2.21. The zero-order valence-corrected chi connectivity index (χ0v) is 8.27. The quantitative estimate of drug-likeness (QED) is 0.472. The molecule has 0 N–H and O–H groups in total. The van der Waals surface area contributed by atoms with Crippen LogP contribution in [0.5, 0.6) is 0 Å². The summed E-state index contributed by atoms with van der Waals surface area (Å²) < 4.78 is 5.38. The van der Waals surface area contributed by atoms with Gasteiger partial charge in [-0.05, 0) is 19.8 Å². The molecule has 11 heavy (non-hydrogen) atoms. The fraction of sp³-hybridized carbons (Fsp3) is 0.778. The Kier molecular flexibility index (Phi) is 3.92. The summed E-state index contributed by atoms with van der Waals surface area (Å²) in [6.45, 7) is 7.63. The molecule has 0 heterocycles. The molecule has 1 unspecified atom stereocenters. The fourth-order valence-electron chi connectivity index (χ4n) is 0.452. The lowest BCUT2D eigenvalue weighted by atomic mass is 10.1. The SMILES string of the molecule is C#CC(C)(C)OC(Cl)C(C)C. The Morgan fingerprint density at radius 1 is 1.45 bits per heavy atom. The third-order valence-electron chi connectivity index (χ3n) is 1.28. The first-order valence-electron chi connectivity index (χ1n) is 3.68. The summed E-state index contributed by atoms with van der Waals surface area (Å²) >= 11 is 5.86. The van der Waals surface area contributed by atoms with E-state index in [0.29, 0.717) is 0 Å². The van der Waals surface area contributed by atoms with Gasteiger partial charge in [0.25, 0.3) is 0 Å². The minimum absolute atomic E-state index is 0.282. The van der Waals surface area contributed by atoms with Gasteiger partial charge in [-0.2, -0.15) is 0 Å². The first-order chi connectivity index (χ1) is 4.89. The molecule has 0 spiro atoms. The smallest absolute Gasteiger partial charge is 0.135 e. The molecule has 0 radical (unpaired) electrons. The average molecular weight is 175 g/mol. The molecule has 1 atom stereocenters. The van der Waals surface area contributed by atoms with E-state index in [1.54, 1.807) is 0 Å². The predicted molar refractivity (Wildman–Crippen MR) is 48.5 cm³/mol. The van der Waals surface area contributed by atoms with Gasteiger partial charge in [-0.1, -0.05) is 31.4 Å². The van der Waals surface area contributed by atoms with E-state index in [-0.39, 0.29) is 11.5 Å². The molecule has 0 amide bonds. The highest BCUT2D eigenvalue weighted by molar-refractivity contribution is 6.19. The number of rotatable bonds is 3. The van der Waals surface area contributed by atoms with Crippen LogP contribution in [0, 0.1) is 18.3 Å². The molecule has 0 aliphatic carbocycles. The molecular weight excluding hydrogens is 160 g/mol. The van der Waals surface area contributed by atoms with Gasteiger partial charge >= 0.3 is 0 Å². The molecule has 0 bridgehead atoms. The van der Waals surface area contributed by atoms with Crippen molar-refractivity contribution in [1.29, 1.82) is 0 Å². The van der Waals surface area contributed by atoms with Crippen LogP contribution in [0.3, 0.4) is 0 Å². The molecule has 0 saturated carbocycles. The Labute approximate surface area is 74.1 Å². The summed E-state index contributed by atoms with van der Waals surface area (Å²) in [6.07, 6.45) is 5.22. The summed E-state index contributed by atoms with van der Waals surface area (Å²) in [7, 11) is 0. The van der Waals surface area contributed by atoms with Crippen LogP contribution in [0.25, 0.3) is 0 Å². The van der Waals surface area contributed by atoms with Crippen LogP contribution in [0.1, 0.15) is 27.7 Å². The number of hydrogen-bond donors (Lipinski definition) is 0. The summed E-state index contributed by atoms with van der Waals surface area (Å²) in [5.41, 5.74) is -0.863. The zero-order valence-electron chi connectivity index (χ0n) is 7.52. The van der Waals surface area contributed by atoms with Gasteiger partial charge in [-0.25, -0.2) is 0 Å². The lowest BCUT2D eigenvalue weighted by Gasteiger charge is -2.24. The van der Waals surface area contributed by atoms with E-state index >= 15 is 0 Å². The van der Waals surface area contributed by atoms with Crippen LogP contribution in [0.4, 0.5) is 0 Å². The molecule has 0 aromatic rings. The van der Waals surface area contributed by atoms with E-state index in [1.165, 1.54) is 0 Å². The summed E-state index contributed by atoms with van der Waals surface area (Å²) in [6, 6.07) is 0. The van der Waals surface area contributed by atoms with Gasteiger partial charge in [0.1, 0.15) is 11.2 Å². The van der Waals surface area contributed by atoms with Crippen molar-refractivity contribution in [3.05, 3.63) is 0 Å². The van der Waals surface area contributed by atoms with Crippen LogP contribution in [-0.2, 0) is 4.74 Å². The van der Waals surface area contributed by atoms with Crippen LogP contribution >= 0.6 is 11.6 Å². The maximum absolute atomic E-state index is 5.86. The van der Waals surface area contributed by atoms with Gasteiger partial charge in [-0.15, -0.1) is 6.42 Å². The van der Waals surface area contributed by atoms with E-state index < -0.39 is 5.60 Å². The minimum atomic E-state index is -0.559. The van der Waals surface area contributed by atoms with Crippen LogP contribution in [0.15, 0.2) is 0 Å². The van der Waals surface area contributed by atoms with E-state index in [1.807, 2.05) is 27.7 Å². The van der Waals surface area contributed by atoms with Crippen molar-refractivity contribution in [2.75, 3.05) is 0 Å². The number of hydrogen-bond acceptors (Lipinski definition) is 1. The second-order valence-electron chi connectivity index (χ2n) is 3.37. The lowest BCUT2D eigenvalue weighted by Crippen LogP contribution is -2.28. The molecular formula is C9H15ClO. The Hall–Kier alpha value is -0.190. The average Bonchev–Trinajstić information content (AvgIpc) is 1.87. The molecule has 0 saturated heterocycles. The first-order valence-corrected chi connectivity index (χ1v) is 4.12. The maximum Gasteiger partial charge on any atom is 0.135 e. The van der Waals surface area contributed by atoms with Gasteiger partial charge in [0.15, 0.2) is 0 Å². The second kappa shape index (κ2) is 3.99. The number of ether oxygens (including phenoxy) is 1. The Morgan fingerprint density at radius 3 is 2.18 bits per heavy atom. The first kappa shape index (κ1) is 10.8. The zero-order chi connectivity index (χ0) is 9.07. The Bertz CT molecular complexity index is 155. The number of alkyl halides is 1. The monoisotopic (exact) mass is 174 g/mol. The summed E-state index contributed by atoms with van der Waals surface area (Å²) in [5, 5.41) is 0. The van der Waals surface area contributed by atoms with Gasteiger partial charge in [0.05, 0.1) is 0 Å². The molecule has 2 heteroatoms. The topological polar surface area (TPSA) is 9.23 Å². The predicted octanol–water partition coefficient (Wildman–Crippen LogP) is 2.64. The second-order valence-corrected chi connectivity index (χ2v) is 3.80. The lowest BCUT2D eigenvalue weighted by molar-refractivity contribution is -0.0135. The Balaban J connectivity index is 3.96. The third kappa shape index (κ3) is 4.29. The summed E-state index contributed by atoms with van der Waals surface area (Å²) in [4.78, 5) is 0. The van der Waals surface area contributed by atoms with Crippen LogP contribution in [-0.4, -0.2) is 11.2 Å². The van der Waals surface area contributed by atoms with E-state index in [2.05, 4.69) is 5.92 Å². The summed E-state index contributed by atoms with van der Waals surface area (Å²) in [5.74, 6) is 2.80. The molecule has 64 valence electrons. The molecule has 0 aromatic carbocycles. The van der Waals surface area contributed by atoms with Crippen molar-refractivity contribution >= 4 is 11.6 Å². The van der Waals surface area contributed by atoms with Crippen molar-refractivity contribution < 1.29 is 4.74 Å². The third-order valence-corrected chi connectivity index (χ3v) is 1.87. The van der Waals surface area contributed by atoms with E-state index in [4.69, 9.17) is 22.8 Å². The highest BCUT2D eigenvalue weighted by atomic mass is 35.5. The van der Waals surface area contributed by atoms with Crippen LogP contribution in [0.2, 0.25) is 0 Å². The van der Waals surface area contributed by atoms with Crippen molar-refractivity contribution in [3.63, 3.8) is 0 Å². The largest absolute Gasteiger partial charge is 0.344 e. The maximum atomic E-state index is 5.86. The molecule has 0 rings (SSSR count). The number of halogens is 1. The molecule has 0 fully saturated rings. The van der Waals surface area contributed by atoms with Crippen molar-refractivity contribution in [1.82, 2.24) is 0 Å². The molecule has 0 aliphatic heterocycles.